The summed E-state index contributed by atoms with van der Waals surface area (Å²) in [4.78, 5) is 25.4. The lowest BCUT2D eigenvalue weighted by Crippen LogP contribution is -2.44. The van der Waals surface area contributed by atoms with Crippen molar-refractivity contribution in [1.29, 1.82) is 0 Å². The molecule has 7 nitrogen and oxygen atoms in total. The molecule has 8 heteroatoms. The molecule has 23 heavy (non-hydrogen) atoms. The molecule has 2 aromatic heterocycles. The minimum Gasteiger partial charge on any atom is -0.356 e. The average Bonchev–Trinajstić information content (AvgIpc) is 2.97. The Labute approximate surface area is 139 Å². The molecule has 0 radical (unpaired) electrons. The van der Waals surface area contributed by atoms with E-state index in [0.29, 0.717) is 5.82 Å². The highest BCUT2D eigenvalue weighted by Crippen LogP contribution is 2.24. The second kappa shape index (κ2) is 6.27. The van der Waals surface area contributed by atoms with Crippen LogP contribution in [0.25, 0.3) is 0 Å². The molecule has 0 saturated carbocycles. The second-order valence-corrected chi connectivity index (χ2v) is 7.60. The van der Waals surface area contributed by atoms with Crippen molar-refractivity contribution in [2.45, 2.75) is 45.1 Å². The predicted molar refractivity (Wildman–Crippen MR) is 92.3 cm³/mol. The van der Waals surface area contributed by atoms with E-state index in [2.05, 4.69) is 45.4 Å². The molecule has 0 spiro atoms. The Balaban J connectivity index is 1.69. The number of nitrogens with zero attached hydrogens (tertiary/aromatic N) is 4. The highest BCUT2D eigenvalue weighted by molar-refractivity contribution is 7.09. The SMILES string of the molecule is CC(C)(C)c1nsc(NC2CCCN(c3ncc[nH]c3=O)C2)n1. The van der Waals surface area contributed by atoms with Crippen molar-refractivity contribution in [3.8, 4) is 0 Å². The maximum Gasteiger partial charge on any atom is 0.290 e. The molecule has 3 rings (SSSR count). The van der Waals surface area contributed by atoms with Crippen LogP contribution >= 0.6 is 11.5 Å². The van der Waals surface area contributed by atoms with Crippen LogP contribution in [0.15, 0.2) is 17.2 Å². The normalized spacial score (nSPS) is 18.9. The van der Waals surface area contributed by atoms with Crippen LogP contribution in [-0.4, -0.2) is 38.5 Å². The number of anilines is 2. The summed E-state index contributed by atoms with van der Waals surface area (Å²) in [6.07, 6.45) is 5.24. The van der Waals surface area contributed by atoms with E-state index in [4.69, 9.17) is 0 Å². The van der Waals surface area contributed by atoms with Crippen LogP contribution in [0.1, 0.15) is 39.4 Å². The molecule has 1 fully saturated rings. The first-order valence-electron chi connectivity index (χ1n) is 7.83. The van der Waals surface area contributed by atoms with Gasteiger partial charge in [-0.3, -0.25) is 4.79 Å². The number of piperidine rings is 1. The largest absolute Gasteiger partial charge is 0.356 e. The fraction of sp³-hybridized carbons (Fsp3) is 0.600. The van der Waals surface area contributed by atoms with E-state index in [0.717, 1.165) is 36.9 Å². The molecule has 3 heterocycles. The smallest absolute Gasteiger partial charge is 0.290 e. The van der Waals surface area contributed by atoms with E-state index in [1.165, 1.54) is 11.5 Å². The van der Waals surface area contributed by atoms with Gasteiger partial charge in [-0.05, 0) is 12.8 Å². The van der Waals surface area contributed by atoms with Crippen LogP contribution < -0.4 is 15.8 Å². The lowest BCUT2D eigenvalue weighted by Gasteiger charge is -2.33. The first-order chi connectivity index (χ1) is 10.9. The monoisotopic (exact) mass is 334 g/mol. The Hall–Kier alpha value is -1.96. The van der Waals surface area contributed by atoms with Crippen molar-refractivity contribution < 1.29 is 0 Å². The molecule has 1 atom stereocenters. The van der Waals surface area contributed by atoms with E-state index in [9.17, 15) is 4.79 Å². The van der Waals surface area contributed by atoms with Crippen LogP contribution in [0.5, 0.6) is 0 Å². The highest BCUT2D eigenvalue weighted by Gasteiger charge is 2.25. The number of rotatable bonds is 3. The Morgan fingerprint density at radius 2 is 2.26 bits per heavy atom. The summed E-state index contributed by atoms with van der Waals surface area (Å²) in [6.45, 7) is 7.91. The molecule has 124 valence electrons. The molecule has 2 aromatic rings. The number of hydrogen-bond donors (Lipinski definition) is 2. The van der Waals surface area contributed by atoms with E-state index in [-0.39, 0.29) is 17.0 Å². The third-order valence-electron chi connectivity index (χ3n) is 3.83. The summed E-state index contributed by atoms with van der Waals surface area (Å²) < 4.78 is 4.43. The van der Waals surface area contributed by atoms with Gasteiger partial charge in [0.1, 0.15) is 5.82 Å². The van der Waals surface area contributed by atoms with Gasteiger partial charge >= 0.3 is 0 Å². The number of H-pyrrole nitrogens is 1. The van der Waals surface area contributed by atoms with Gasteiger partial charge in [0.05, 0.1) is 0 Å². The first kappa shape index (κ1) is 15.9. The summed E-state index contributed by atoms with van der Waals surface area (Å²) in [7, 11) is 0. The number of aromatic nitrogens is 4. The minimum atomic E-state index is -0.140. The Morgan fingerprint density at radius 3 is 2.96 bits per heavy atom. The number of hydrogen-bond acceptors (Lipinski definition) is 7. The van der Waals surface area contributed by atoms with Gasteiger partial charge in [0.15, 0.2) is 5.82 Å². The Bertz CT molecular complexity index is 719. The maximum absolute atomic E-state index is 11.9. The summed E-state index contributed by atoms with van der Waals surface area (Å²) in [5.41, 5.74) is -0.185. The van der Waals surface area contributed by atoms with Gasteiger partial charge in [-0.25, -0.2) is 9.97 Å². The van der Waals surface area contributed by atoms with Crippen LogP contribution in [-0.2, 0) is 5.41 Å². The molecular formula is C15H22N6OS. The summed E-state index contributed by atoms with van der Waals surface area (Å²) in [6, 6.07) is 0.242. The van der Waals surface area contributed by atoms with Crippen LogP contribution in [0, 0.1) is 0 Å². The zero-order valence-electron chi connectivity index (χ0n) is 13.7. The highest BCUT2D eigenvalue weighted by atomic mass is 32.1. The lowest BCUT2D eigenvalue weighted by atomic mass is 9.96. The summed E-state index contributed by atoms with van der Waals surface area (Å²) in [5.74, 6) is 1.35. The zero-order chi connectivity index (χ0) is 16.4. The molecule has 1 aliphatic heterocycles. The molecule has 1 unspecified atom stereocenters. The predicted octanol–water partition coefficient (Wildman–Crippen LogP) is 2.00. The minimum absolute atomic E-state index is 0.0454. The molecule has 1 aliphatic rings. The molecule has 0 aromatic carbocycles. The summed E-state index contributed by atoms with van der Waals surface area (Å²) >= 11 is 1.40. The van der Waals surface area contributed by atoms with E-state index >= 15 is 0 Å². The van der Waals surface area contributed by atoms with Gasteiger partial charge < -0.3 is 15.2 Å². The van der Waals surface area contributed by atoms with Gasteiger partial charge in [-0.2, -0.15) is 4.37 Å². The zero-order valence-corrected chi connectivity index (χ0v) is 14.5. The molecule has 2 N–H and O–H groups in total. The van der Waals surface area contributed by atoms with Crippen molar-refractivity contribution in [3.63, 3.8) is 0 Å². The van der Waals surface area contributed by atoms with Gasteiger partial charge in [0.2, 0.25) is 5.13 Å². The Morgan fingerprint density at radius 1 is 1.43 bits per heavy atom. The lowest BCUT2D eigenvalue weighted by molar-refractivity contribution is 0.523. The molecule has 0 aliphatic carbocycles. The molecule has 1 saturated heterocycles. The standard InChI is InChI=1S/C15H22N6OS/c1-15(2,3)13-19-14(23-20-13)18-10-5-4-8-21(9-10)11-12(22)17-7-6-16-11/h6-7,10H,4-5,8-9H2,1-3H3,(H,17,22)(H,18,19,20). The third-order valence-corrected chi connectivity index (χ3v) is 4.48. The van der Waals surface area contributed by atoms with Gasteiger partial charge in [-0.1, -0.05) is 20.8 Å². The van der Waals surface area contributed by atoms with Crippen LogP contribution in [0.4, 0.5) is 10.9 Å². The van der Waals surface area contributed by atoms with Crippen molar-refractivity contribution in [3.05, 3.63) is 28.6 Å². The quantitative estimate of drug-likeness (QED) is 0.893. The molecule has 0 amide bonds. The topological polar surface area (TPSA) is 86.8 Å². The van der Waals surface area contributed by atoms with Gasteiger partial charge in [0, 0.05) is 48.5 Å². The van der Waals surface area contributed by atoms with Crippen molar-refractivity contribution >= 4 is 22.5 Å². The van der Waals surface area contributed by atoms with Crippen molar-refractivity contribution in [1.82, 2.24) is 19.3 Å². The first-order valence-corrected chi connectivity index (χ1v) is 8.60. The summed E-state index contributed by atoms with van der Waals surface area (Å²) in [5, 5.41) is 4.30. The maximum atomic E-state index is 11.9. The average molecular weight is 334 g/mol. The number of nitrogens with one attached hydrogen (secondary N) is 2. The van der Waals surface area contributed by atoms with Gasteiger partial charge in [0.25, 0.3) is 5.56 Å². The van der Waals surface area contributed by atoms with Crippen LogP contribution in [0.3, 0.4) is 0 Å². The Kier molecular flexibility index (Phi) is 4.34. The fourth-order valence-corrected chi connectivity index (χ4v) is 3.45. The van der Waals surface area contributed by atoms with E-state index < -0.39 is 0 Å². The van der Waals surface area contributed by atoms with Crippen molar-refractivity contribution in [2.24, 2.45) is 0 Å². The van der Waals surface area contributed by atoms with Crippen LogP contribution in [0.2, 0.25) is 0 Å². The van der Waals surface area contributed by atoms with Gasteiger partial charge in [-0.15, -0.1) is 0 Å². The van der Waals surface area contributed by atoms with Crippen molar-refractivity contribution in [2.75, 3.05) is 23.3 Å². The second-order valence-electron chi connectivity index (χ2n) is 6.84. The van der Waals surface area contributed by atoms with E-state index in [1.54, 1.807) is 12.4 Å². The number of aromatic amines is 1. The molecular weight excluding hydrogens is 312 g/mol. The third kappa shape index (κ3) is 3.69. The fourth-order valence-electron chi connectivity index (χ4n) is 2.62. The molecule has 0 bridgehead atoms. The van der Waals surface area contributed by atoms with E-state index in [1.807, 2.05) is 4.90 Å².